The quantitative estimate of drug-likeness (QED) is 0.475. The second kappa shape index (κ2) is 8.34. The number of aliphatic hydroxyl groups is 1. The summed E-state index contributed by atoms with van der Waals surface area (Å²) in [5.74, 6) is 1.78. The van der Waals surface area contributed by atoms with Crippen LogP contribution in [-0.4, -0.2) is 5.11 Å². The maximum absolute atomic E-state index is 11.0. The molecule has 2 aliphatic rings. The van der Waals surface area contributed by atoms with E-state index in [2.05, 4.69) is 25.1 Å². The number of allylic oxidation sites excluding steroid dienone is 1. The van der Waals surface area contributed by atoms with Crippen molar-refractivity contribution in [3.8, 4) is 0 Å². The first-order valence-corrected chi connectivity index (χ1v) is 10.2. The summed E-state index contributed by atoms with van der Waals surface area (Å²) in [6.07, 6.45) is 16.4. The fourth-order valence-corrected chi connectivity index (χ4v) is 4.74. The molecule has 2 aliphatic carbocycles. The van der Waals surface area contributed by atoms with E-state index in [0.717, 1.165) is 36.7 Å². The molecule has 0 amide bonds. The van der Waals surface area contributed by atoms with E-state index < -0.39 is 5.60 Å². The van der Waals surface area contributed by atoms with Gasteiger partial charge in [0.2, 0.25) is 0 Å². The van der Waals surface area contributed by atoms with Crippen LogP contribution in [0, 0.1) is 11.8 Å². The molecular formula is C23H34O. The van der Waals surface area contributed by atoms with E-state index >= 15 is 0 Å². The molecule has 1 nitrogen and oxygen atoms in total. The van der Waals surface area contributed by atoms with Crippen LogP contribution in [0.1, 0.15) is 83.1 Å². The number of unbranched alkanes of at least 4 members (excludes halogenated alkanes) is 2. The van der Waals surface area contributed by atoms with Gasteiger partial charge in [-0.05, 0) is 62.3 Å². The highest BCUT2D eigenvalue weighted by Gasteiger charge is 2.33. The van der Waals surface area contributed by atoms with Crippen molar-refractivity contribution < 1.29 is 5.11 Å². The third kappa shape index (κ3) is 4.30. The van der Waals surface area contributed by atoms with Crippen LogP contribution in [0.3, 0.4) is 0 Å². The predicted octanol–water partition coefficient (Wildman–Crippen LogP) is 6.37. The Morgan fingerprint density at radius 1 is 1.04 bits per heavy atom. The molecule has 0 heterocycles. The van der Waals surface area contributed by atoms with Gasteiger partial charge in [0, 0.05) is 0 Å². The Morgan fingerprint density at radius 3 is 2.42 bits per heavy atom. The molecule has 24 heavy (non-hydrogen) atoms. The highest BCUT2D eigenvalue weighted by molar-refractivity contribution is 5.27. The van der Waals surface area contributed by atoms with Gasteiger partial charge >= 0.3 is 0 Å². The zero-order chi connectivity index (χ0) is 16.8. The topological polar surface area (TPSA) is 20.2 Å². The lowest BCUT2D eigenvalue weighted by Gasteiger charge is -2.36. The van der Waals surface area contributed by atoms with Crippen LogP contribution in [0.4, 0.5) is 0 Å². The minimum absolute atomic E-state index is 0.637. The first-order chi connectivity index (χ1) is 11.7. The third-order valence-corrected chi connectivity index (χ3v) is 6.43. The van der Waals surface area contributed by atoms with Crippen molar-refractivity contribution in [2.75, 3.05) is 0 Å². The van der Waals surface area contributed by atoms with Gasteiger partial charge < -0.3 is 5.11 Å². The summed E-state index contributed by atoms with van der Waals surface area (Å²) < 4.78 is 0. The number of hydrogen-bond acceptors (Lipinski definition) is 1. The van der Waals surface area contributed by atoms with Crippen LogP contribution in [0.15, 0.2) is 42.0 Å². The van der Waals surface area contributed by atoms with Crippen molar-refractivity contribution in [1.29, 1.82) is 0 Å². The van der Waals surface area contributed by atoms with Gasteiger partial charge in [-0.3, -0.25) is 0 Å². The summed E-state index contributed by atoms with van der Waals surface area (Å²) in [5, 5.41) is 11.0. The fraction of sp³-hybridized carbons (Fsp3) is 0.652. The van der Waals surface area contributed by atoms with Crippen molar-refractivity contribution in [2.45, 2.75) is 83.2 Å². The SMILES string of the molecule is CCCCC[C@H]1CC[C@H](C2=CCC(O)(c3ccccc3)CC2)CC1. The minimum atomic E-state index is -0.637. The Bertz CT molecular complexity index is 524. The average Bonchev–Trinajstić information content (AvgIpc) is 2.64. The Morgan fingerprint density at radius 2 is 1.79 bits per heavy atom. The van der Waals surface area contributed by atoms with Gasteiger partial charge in [0.05, 0.1) is 5.60 Å². The maximum Gasteiger partial charge on any atom is 0.0933 e. The molecule has 1 heteroatoms. The van der Waals surface area contributed by atoms with Crippen LogP contribution in [0.25, 0.3) is 0 Å². The Hall–Kier alpha value is -1.08. The Balaban J connectivity index is 1.51. The smallest absolute Gasteiger partial charge is 0.0933 e. The number of rotatable bonds is 6. The van der Waals surface area contributed by atoms with E-state index in [1.165, 1.54) is 51.4 Å². The largest absolute Gasteiger partial charge is 0.385 e. The summed E-state index contributed by atoms with van der Waals surface area (Å²) in [6, 6.07) is 10.2. The molecule has 1 aromatic carbocycles. The van der Waals surface area contributed by atoms with Crippen molar-refractivity contribution in [1.82, 2.24) is 0 Å². The molecular weight excluding hydrogens is 292 g/mol. The lowest BCUT2D eigenvalue weighted by Crippen LogP contribution is -2.29. The van der Waals surface area contributed by atoms with Gasteiger partial charge in [-0.25, -0.2) is 0 Å². The first kappa shape index (κ1) is 17.7. The molecule has 0 aromatic heterocycles. The van der Waals surface area contributed by atoms with Crippen LogP contribution < -0.4 is 0 Å². The van der Waals surface area contributed by atoms with Crippen LogP contribution in [0.5, 0.6) is 0 Å². The lowest BCUT2D eigenvalue weighted by molar-refractivity contribution is 0.0241. The standard InChI is InChI=1S/C23H34O/c1-2-3-5-8-19-11-13-20(14-12-19)21-15-17-23(24,18-16-21)22-9-6-4-7-10-22/h4,6-7,9-10,15,19-20,24H,2-3,5,8,11-14,16-18H2,1H3/t19-,20-,23?. The highest BCUT2D eigenvalue weighted by atomic mass is 16.3. The summed E-state index contributed by atoms with van der Waals surface area (Å²) in [5.41, 5.74) is 2.09. The van der Waals surface area contributed by atoms with Gasteiger partial charge in [0.1, 0.15) is 0 Å². The molecule has 1 N–H and O–H groups in total. The molecule has 1 unspecified atom stereocenters. The molecule has 1 fully saturated rings. The summed E-state index contributed by atoms with van der Waals surface area (Å²) >= 11 is 0. The monoisotopic (exact) mass is 326 g/mol. The average molecular weight is 327 g/mol. The van der Waals surface area contributed by atoms with Crippen molar-refractivity contribution in [2.24, 2.45) is 11.8 Å². The van der Waals surface area contributed by atoms with Crippen molar-refractivity contribution in [3.05, 3.63) is 47.5 Å². The summed E-state index contributed by atoms with van der Waals surface area (Å²) in [4.78, 5) is 0. The van der Waals surface area contributed by atoms with Crippen LogP contribution in [-0.2, 0) is 5.60 Å². The predicted molar refractivity (Wildman–Crippen MR) is 102 cm³/mol. The molecule has 0 saturated heterocycles. The summed E-state index contributed by atoms with van der Waals surface area (Å²) in [7, 11) is 0. The second-order valence-electron chi connectivity index (χ2n) is 8.09. The molecule has 1 atom stereocenters. The third-order valence-electron chi connectivity index (χ3n) is 6.43. The molecule has 1 aromatic rings. The normalized spacial score (nSPS) is 30.8. The molecule has 1 saturated carbocycles. The van der Waals surface area contributed by atoms with E-state index in [-0.39, 0.29) is 0 Å². The Labute approximate surface area is 148 Å². The minimum Gasteiger partial charge on any atom is -0.385 e. The second-order valence-corrected chi connectivity index (χ2v) is 8.09. The van der Waals surface area contributed by atoms with Crippen molar-refractivity contribution >= 4 is 0 Å². The van der Waals surface area contributed by atoms with E-state index in [1.54, 1.807) is 5.57 Å². The molecule has 132 valence electrons. The molecule has 0 bridgehead atoms. The summed E-state index contributed by atoms with van der Waals surface area (Å²) in [6.45, 7) is 2.29. The van der Waals surface area contributed by atoms with E-state index in [1.807, 2.05) is 18.2 Å². The van der Waals surface area contributed by atoms with Gasteiger partial charge in [-0.15, -0.1) is 0 Å². The molecule has 0 radical (unpaired) electrons. The molecule has 0 spiro atoms. The van der Waals surface area contributed by atoms with Gasteiger partial charge in [-0.2, -0.15) is 0 Å². The van der Waals surface area contributed by atoms with Gasteiger partial charge in [-0.1, -0.05) is 74.6 Å². The lowest BCUT2D eigenvalue weighted by atomic mass is 9.71. The van der Waals surface area contributed by atoms with E-state index in [0.29, 0.717) is 0 Å². The molecule has 0 aliphatic heterocycles. The van der Waals surface area contributed by atoms with Crippen LogP contribution >= 0.6 is 0 Å². The molecule has 3 rings (SSSR count). The van der Waals surface area contributed by atoms with E-state index in [9.17, 15) is 5.11 Å². The zero-order valence-corrected chi connectivity index (χ0v) is 15.3. The fourth-order valence-electron chi connectivity index (χ4n) is 4.74. The van der Waals surface area contributed by atoms with Crippen LogP contribution in [0.2, 0.25) is 0 Å². The Kier molecular flexibility index (Phi) is 6.16. The van der Waals surface area contributed by atoms with Gasteiger partial charge in [0.15, 0.2) is 0 Å². The number of hydrogen-bond donors (Lipinski definition) is 1. The maximum atomic E-state index is 11.0. The van der Waals surface area contributed by atoms with Crippen molar-refractivity contribution in [3.63, 3.8) is 0 Å². The number of benzene rings is 1. The highest BCUT2D eigenvalue weighted by Crippen LogP contribution is 2.43. The van der Waals surface area contributed by atoms with E-state index in [4.69, 9.17) is 0 Å². The first-order valence-electron chi connectivity index (χ1n) is 10.2. The zero-order valence-electron chi connectivity index (χ0n) is 15.3. The van der Waals surface area contributed by atoms with Gasteiger partial charge in [0.25, 0.3) is 0 Å².